The summed E-state index contributed by atoms with van der Waals surface area (Å²) in [6, 6.07) is 4.87. The highest BCUT2D eigenvalue weighted by Gasteiger charge is 2.44. The van der Waals surface area contributed by atoms with Gasteiger partial charge in [0.25, 0.3) is 0 Å². The summed E-state index contributed by atoms with van der Waals surface area (Å²) in [7, 11) is 0. The third-order valence-corrected chi connectivity index (χ3v) is 3.89. The van der Waals surface area contributed by atoms with Gasteiger partial charge in [0.1, 0.15) is 5.76 Å². The van der Waals surface area contributed by atoms with Crippen molar-refractivity contribution in [3.63, 3.8) is 0 Å². The average Bonchev–Trinajstić information content (AvgIpc) is 2.99. The molecule has 5 nitrogen and oxygen atoms in total. The second kappa shape index (κ2) is 5.81. The molecule has 1 aliphatic heterocycles. The molecule has 0 aliphatic carbocycles. The molecule has 1 aromatic heterocycles. The Morgan fingerprint density at radius 3 is 2.70 bits per heavy atom. The number of aryl methyl sites for hydroxylation is 2. The number of ether oxygens (including phenoxy) is 2. The van der Waals surface area contributed by atoms with Crippen molar-refractivity contribution in [2.24, 2.45) is 0 Å². The van der Waals surface area contributed by atoms with Crippen molar-refractivity contribution in [1.82, 2.24) is 10.5 Å². The molecule has 0 amide bonds. The molecular formula is C16H18F2N2O3. The second-order valence-corrected chi connectivity index (χ2v) is 5.49. The maximum atomic E-state index is 13.2. The van der Waals surface area contributed by atoms with Gasteiger partial charge in [-0.05, 0) is 26.3 Å². The van der Waals surface area contributed by atoms with Crippen molar-refractivity contribution < 1.29 is 22.8 Å². The van der Waals surface area contributed by atoms with Crippen molar-refractivity contribution in [1.29, 1.82) is 0 Å². The van der Waals surface area contributed by atoms with Crippen LogP contribution in [0.4, 0.5) is 8.78 Å². The van der Waals surface area contributed by atoms with E-state index in [2.05, 4.69) is 19.9 Å². The Bertz CT molecular complexity index is 696. The summed E-state index contributed by atoms with van der Waals surface area (Å²) in [5.41, 5.74) is 2.44. The number of hydrogen-bond donors (Lipinski definition) is 1. The Kier molecular flexibility index (Phi) is 3.97. The van der Waals surface area contributed by atoms with Gasteiger partial charge in [-0.15, -0.1) is 8.78 Å². The number of nitrogens with one attached hydrogen (secondary N) is 1. The maximum absolute atomic E-state index is 13.2. The van der Waals surface area contributed by atoms with E-state index in [9.17, 15) is 8.78 Å². The van der Waals surface area contributed by atoms with Crippen LogP contribution in [-0.2, 0) is 6.54 Å². The van der Waals surface area contributed by atoms with Crippen molar-refractivity contribution in [2.45, 2.75) is 46.1 Å². The fraction of sp³-hybridized carbons (Fsp3) is 0.438. The van der Waals surface area contributed by atoms with Crippen molar-refractivity contribution >= 4 is 0 Å². The van der Waals surface area contributed by atoms with Gasteiger partial charge in [-0.1, -0.05) is 24.2 Å². The van der Waals surface area contributed by atoms with E-state index in [-0.39, 0.29) is 17.5 Å². The lowest BCUT2D eigenvalue weighted by Gasteiger charge is -2.17. The molecule has 0 spiro atoms. The van der Waals surface area contributed by atoms with Crippen LogP contribution in [0.5, 0.6) is 11.5 Å². The second-order valence-electron chi connectivity index (χ2n) is 5.49. The third-order valence-electron chi connectivity index (χ3n) is 3.89. The number of hydrogen-bond acceptors (Lipinski definition) is 5. The molecular weight excluding hydrogens is 306 g/mol. The van der Waals surface area contributed by atoms with Crippen LogP contribution < -0.4 is 14.8 Å². The number of alkyl halides is 2. The first kappa shape index (κ1) is 15.7. The van der Waals surface area contributed by atoms with E-state index in [4.69, 9.17) is 4.52 Å². The van der Waals surface area contributed by atoms with Gasteiger partial charge >= 0.3 is 6.29 Å². The standard InChI is InChI=1S/C16H18F2N2O3/c1-4-12(14-9(2)20-23-10(14)3)19-8-11-6-5-7-13-15(11)22-16(17,18)21-13/h5-7,12,19H,4,8H2,1-3H3. The summed E-state index contributed by atoms with van der Waals surface area (Å²) in [4.78, 5) is 0. The van der Waals surface area contributed by atoms with E-state index in [1.807, 2.05) is 20.8 Å². The zero-order valence-electron chi connectivity index (χ0n) is 13.2. The monoisotopic (exact) mass is 324 g/mol. The number of nitrogens with zero attached hydrogens (tertiary/aromatic N) is 1. The molecule has 1 unspecified atom stereocenters. The van der Waals surface area contributed by atoms with Gasteiger partial charge in [-0.3, -0.25) is 0 Å². The molecule has 2 aromatic rings. The van der Waals surface area contributed by atoms with Crippen LogP contribution in [0.3, 0.4) is 0 Å². The minimum absolute atomic E-state index is 0.0138. The third kappa shape index (κ3) is 3.01. The molecule has 1 N–H and O–H groups in total. The molecule has 1 atom stereocenters. The number of fused-ring (bicyclic) bond motifs is 1. The summed E-state index contributed by atoms with van der Waals surface area (Å²) in [6.07, 6.45) is -2.80. The van der Waals surface area contributed by atoms with E-state index in [1.54, 1.807) is 12.1 Å². The number of benzene rings is 1. The van der Waals surface area contributed by atoms with Crippen molar-refractivity contribution in [3.8, 4) is 11.5 Å². The highest BCUT2D eigenvalue weighted by atomic mass is 19.3. The predicted molar refractivity (Wildman–Crippen MR) is 78.5 cm³/mol. The zero-order chi connectivity index (χ0) is 16.6. The molecule has 7 heteroatoms. The van der Waals surface area contributed by atoms with E-state index >= 15 is 0 Å². The summed E-state index contributed by atoms with van der Waals surface area (Å²) >= 11 is 0. The topological polar surface area (TPSA) is 56.5 Å². The van der Waals surface area contributed by atoms with Crippen LogP contribution in [0.15, 0.2) is 22.7 Å². The van der Waals surface area contributed by atoms with Crippen LogP contribution in [0.25, 0.3) is 0 Å². The molecule has 2 heterocycles. The summed E-state index contributed by atoms with van der Waals surface area (Å²) in [5, 5.41) is 7.30. The first-order valence-corrected chi connectivity index (χ1v) is 7.45. The van der Waals surface area contributed by atoms with Gasteiger partial charge < -0.3 is 19.3 Å². The molecule has 3 rings (SSSR count). The van der Waals surface area contributed by atoms with Crippen molar-refractivity contribution in [2.75, 3.05) is 0 Å². The molecule has 0 bridgehead atoms. The van der Waals surface area contributed by atoms with Crippen LogP contribution in [0, 0.1) is 13.8 Å². The number of para-hydroxylation sites is 1. The normalized spacial score (nSPS) is 16.6. The fourth-order valence-corrected chi connectivity index (χ4v) is 2.84. The summed E-state index contributed by atoms with van der Waals surface area (Å²) in [6.45, 7) is 6.14. The van der Waals surface area contributed by atoms with Crippen LogP contribution >= 0.6 is 0 Å². The van der Waals surface area contributed by atoms with Gasteiger partial charge in [-0.25, -0.2) is 0 Å². The molecule has 0 saturated carbocycles. The number of aromatic nitrogens is 1. The number of halogens is 2. The number of rotatable bonds is 5. The van der Waals surface area contributed by atoms with Crippen LogP contribution in [0.1, 0.15) is 42.0 Å². The average molecular weight is 324 g/mol. The van der Waals surface area contributed by atoms with Crippen LogP contribution in [0.2, 0.25) is 0 Å². The molecule has 0 radical (unpaired) electrons. The maximum Gasteiger partial charge on any atom is 0.586 e. The van der Waals surface area contributed by atoms with Crippen molar-refractivity contribution in [3.05, 3.63) is 40.8 Å². The van der Waals surface area contributed by atoms with Gasteiger partial charge in [0.15, 0.2) is 11.5 Å². The first-order chi connectivity index (χ1) is 10.9. The van der Waals surface area contributed by atoms with Gasteiger partial charge in [0, 0.05) is 23.7 Å². The van der Waals surface area contributed by atoms with Gasteiger partial charge in [0.05, 0.1) is 5.69 Å². The molecule has 1 aliphatic rings. The molecule has 1 aromatic carbocycles. The van der Waals surface area contributed by atoms with Gasteiger partial charge in [-0.2, -0.15) is 0 Å². The van der Waals surface area contributed by atoms with E-state index in [1.165, 1.54) is 6.07 Å². The highest BCUT2D eigenvalue weighted by molar-refractivity contribution is 5.48. The Morgan fingerprint density at radius 2 is 2.04 bits per heavy atom. The Hall–Kier alpha value is -2.15. The minimum atomic E-state index is -3.61. The Morgan fingerprint density at radius 1 is 1.26 bits per heavy atom. The van der Waals surface area contributed by atoms with Crippen LogP contribution in [-0.4, -0.2) is 11.5 Å². The fourth-order valence-electron chi connectivity index (χ4n) is 2.84. The van der Waals surface area contributed by atoms with E-state index in [0.717, 1.165) is 23.4 Å². The Labute approximate surface area is 132 Å². The minimum Gasteiger partial charge on any atom is -0.395 e. The SMILES string of the molecule is CCC(NCc1cccc2c1OC(F)(F)O2)c1c(C)noc1C. The van der Waals surface area contributed by atoms with E-state index < -0.39 is 6.29 Å². The molecule has 23 heavy (non-hydrogen) atoms. The summed E-state index contributed by atoms with van der Waals surface area (Å²) in [5.74, 6) is 0.893. The lowest BCUT2D eigenvalue weighted by Crippen LogP contribution is -2.26. The molecule has 0 fully saturated rings. The lowest BCUT2D eigenvalue weighted by atomic mass is 10.0. The zero-order valence-corrected chi connectivity index (χ0v) is 13.2. The Balaban J connectivity index is 1.78. The molecule has 124 valence electrons. The van der Waals surface area contributed by atoms with E-state index in [0.29, 0.717) is 12.1 Å². The largest absolute Gasteiger partial charge is 0.586 e. The molecule has 0 saturated heterocycles. The predicted octanol–water partition coefficient (Wildman–Crippen LogP) is 3.85. The lowest BCUT2D eigenvalue weighted by molar-refractivity contribution is -0.286. The highest BCUT2D eigenvalue weighted by Crippen LogP contribution is 2.43. The quantitative estimate of drug-likeness (QED) is 0.905. The smallest absolute Gasteiger partial charge is 0.395 e. The summed E-state index contributed by atoms with van der Waals surface area (Å²) < 4.78 is 40.7. The first-order valence-electron chi connectivity index (χ1n) is 7.45. The van der Waals surface area contributed by atoms with Gasteiger partial charge in [0.2, 0.25) is 0 Å².